The van der Waals surface area contributed by atoms with E-state index in [4.69, 9.17) is 11.5 Å². The maximum Gasteiger partial charge on any atom is 0.234 e. The normalized spacial score (nSPS) is 25.8. The van der Waals surface area contributed by atoms with Crippen LogP contribution in [0.4, 0.5) is 0 Å². The molecule has 2 rings (SSSR count). The Morgan fingerprint density at radius 2 is 1.58 bits per heavy atom. The fourth-order valence-electron chi connectivity index (χ4n) is 2.12. The van der Waals surface area contributed by atoms with Gasteiger partial charge in [-0.2, -0.15) is 0 Å². The zero-order chi connectivity index (χ0) is 8.72. The number of carbonyl (C=O) groups is 1. The van der Waals surface area contributed by atoms with Crippen LogP contribution in [-0.4, -0.2) is 11.9 Å². The quantitative estimate of drug-likeness (QED) is 0.631. The van der Waals surface area contributed by atoms with Crippen molar-refractivity contribution in [1.82, 2.24) is 0 Å². The van der Waals surface area contributed by atoms with E-state index in [9.17, 15) is 4.79 Å². The maximum absolute atomic E-state index is 10.9. The summed E-state index contributed by atoms with van der Waals surface area (Å²) < 4.78 is 0. The van der Waals surface area contributed by atoms with Crippen molar-refractivity contribution < 1.29 is 4.79 Å². The molecule has 2 saturated carbocycles. The molecule has 0 spiro atoms. The minimum absolute atomic E-state index is 0.321. The molecule has 0 aromatic rings. The van der Waals surface area contributed by atoms with Crippen molar-refractivity contribution in [3.8, 4) is 0 Å². The third-order valence-corrected chi connectivity index (χ3v) is 3.08. The molecule has 0 aromatic heterocycles. The second kappa shape index (κ2) is 2.73. The molecule has 1 atom stereocenters. The van der Waals surface area contributed by atoms with Crippen molar-refractivity contribution in [2.45, 2.75) is 31.7 Å². The van der Waals surface area contributed by atoms with E-state index < -0.39 is 0 Å². The van der Waals surface area contributed by atoms with E-state index in [1.165, 1.54) is 25.7 Å². The zero-order valence-electron chi connectivity index (χ0n) is 7.20. The second-order valence-corrected chi connectivity index (χ2v) is 4.18. The number of hydrogen-bond acceptors (Lipinski definition) is 2. The van der Waals surface area contributed by atoms with Crippen molar-refractivity contribution in [3.05, 3.63) is 0 Å². The van der Waals surface area contributed by atoms with Gasteiger partial charge in [-0.15, -0.1) is 0 Å². The van der Waals surface area contributed by atoms with Gasteiger partial charge < -0.3 is 11.5 Å². The van der Waals surface area contributed by atoms with Crippen LogP contribution >= 0.6 is 0 Å². The molecule has 68 valence electrons. The number of amides is 1. The van der Waals surface area contributed by atoms with Gasteiger partial charge in [0.15, 0.2) is 0 Å². The van der Waals surface area contributed by atoms with Crippen molar-refractivity contribution in [3.63, 3.8) is 0 Å². The van der Waals surface area contributed by atoms with Crippen LogP contribution in [0, 0.1) is 17.8 Å². The fourth-order valence-corrected chi connectivity index (χ4v) is 2.12. The van der Waals surface area contributed by atoms with Crippen LogP contribution in [0.1, 0.15) is 25.7 Å². The first-order chi connectivity index (χ1) is 5.70. The van der Waals surface area contributed by atoms with Crippen molar-refractivity contribution in [2.75, 3.05) is 0 Å². The van der Waals surface area contributed by atoms with Crippen LogP contribution in [0.2, 0.25) is 0 Å². The summed E-state index contributed by atoms with van der Waals surface area (Å²) in [5.41, 5.74) is 11.0. The Morgan fingerprint density at radius 1 is 1.17 bits per heavy atom. The lowest BCUT2D eigenvalue weighted by Crippen LogP contribution is -2.44. The van der Waals surface area contributed by atoms with Gasteiger partial charge >= 0.3 is 0 Å². The summed E-state index contributed by atoms with van der Waals surface area (Å²) in [5, 5.41) is 0. The van der Waals surface area contributed by atoms with Gasteiger partial charge in [0.2, 0.25) is 5.91 Å². The Morgan fingerprint density at radius 3 is 1.83 bits per heavy atom. The molecule has 4 N–H and O–H groups in total. The Kier molecular flexibility index (Phi) is 1.83. The molecule has 0 aromatic carbocycles. The highest BCUT2D eigenvalue weighted by Gasteiger charge is 2.45. The van der Waals surface area contributed by atoms with Crippen LogP contribution in [0.3, 0.4) is 0 Å². The minimum atomic E-state index is -0.384. The highest BCUT2D eigenvalue weighted by molar-refractivity contribution is 5.80. The summed E-state index contributed by atoms with van der Waals surface area (Å²) >= 11 is 0. The standard InChI is InChI=1S/C9H16N2O/c10-8(9(11)12)7(5-1-2-5)6-3-4-6/h5-8H,1-4,10H2,(H2,11,12). The molecule has 0 aliphatic heterocycles. The SMILES string of the molecule is NC(=O)C(N)C(C1CC1)C1CC1. The number of carbonyl (C=O) groups excluding carboxylic acids is 1. The molecular weight excluding hydrogens is 152 g/mol. The van der Waals surface area contributed by atoms with Crippen molar-refractivity contribution in [1.29, 1.82) is 0 Å². The average molecular weight is 168 g/mol. The van der Waals surface area contributed by atoms with E-state index in [-0.39, 0.29) is 11.9 Å². The molecule has 3 nitrogen and oxygen atoms in total. The van der Waals surface area contributed by atoms with E-state index >= 15 is 0 Å². The van der Waals surface area contributed by atoms with Gasteiger partial charge in [-0.1, -0.05) is 0 Å². The second-order valence-electron chi connectivity index (χ2n) is 4.18. The predicted molar refractivity (Wildman–Crippen MR) is 46.1 cm³/mol. The van der Waals surface area contributed by atoms with E-state index in [0.717, 1.165) is 0 Å². The first-order valence-electron chi connectivity index (χ1n) is 4.75. The largest absolute Gasteiger partial charge is 0.368 e. The summed E-state index contributed by atoms with van der Waals surface area (Å²) in [6, 6.07) is -0.384. The maximum atomic E-state index is 10.9. The molecule has 0 bridgehead atoms. The van der Waals surface area contributed by atoms with Crippen LogP contribution in [0.25, 0.3) is 0 Å². The van der Waals surface area contributed by atoms with Crippen LogP contribution in [0.15, 0.2) is 0 Å². The Bertz CT molecular complexity index is 185. The zero-order valence-corrected chi connectivity index (χ0v) is 7.20. The number of hydrogen-bond donors (Lipinski definition) is 2. The first-order valence-corrected chi connectivity index (χ1v) is 4.75. The van der Waals surface area contributed by atoms with E-state index in [2.05, 4.69) is 0 Å². The minimum Gasteiger partial charge on any atom is -0.368 e. The number of primary amides is 1. The van der Waals surface area contributed by atoms with E-state index in [0.29, 0.717) is 17.8 Å². The van der Waals surface area contributed by atoms with Gasteiger partial charge in [-0.3, -0.25) is 4.79 Å². The molecule has 3 heteroatoms. The van der Waals surface area contributed by atoms with E-state index in [1.807, 2.05) is 0 Å². The molecule has 0 saturated heterocycles. The summed E-state index contributed by atoms with van der Waals surface area (Å²) in [4.78, 5) is 10.9. The summed E-state index contributed by atoms with van der Waals surface area (Å²) in [6.45, 7) is 0. The van der Waals surface area contributed by atoms with Gasteiger partial charge in [0.25, 0.3) is 0 Å². The smallest absolute Gasteiger partial charge is 0.234 e. The van der Waals surface area contributed by atoms with Gasteiger partial charge in [0.05, 0.1) is 6.04 Å². The lowest BCUT2D eigenvalue weighted by Gasteiger charge is -2.20. The van der Waals surface area contributed by atoms with Gasteiger partial charge in [0, 0.05) is 0 Å². The average Bonchev–Trinajstić information content (AvgIpc) is 2.81. The third-order valence-electron chi connectivity index (χ3n) is 3.08. The summed E-state index contributed by atoms with van der Waals surface area (Å²) in [6.07, 6.45) is 5.01. The first kappa shape index (κ1) is 8.05. The Hall–Kier alpha value is -0.570. The molecule has 2 aliphatic rings. The molecular formula is C9H16N2O. The molecule has 2 fully saturated rings. The Balaban J connectivity index is 1.99. The molecule has 12 heavy (non-hydrogen) atoms. The van der Waals surface area contributed by atoms with Crippen LogP contribution in [-0.2, 0) is 4.79 Å². The topological polar surface area (TPSA) is 69.1 Å². The van der Waals surface area contributed by atoms with Gasteiger partial charge in [0.1, 0.15) is 0 Å². The molecule has 1 amide bonds. The lowest BCUT2D eigenvalue weighted by atomic mass is 9.90. The summed E-state index contributed by atoms with van der Waals surface area (Å²) in [5.74, 6) is 1.50. The van der Waals surface area contributed by atoms with Crippen molar-refractivity contribution in [2.24, 2.45) is 29.2 Å². The Labute approximate surface area is 72.5 Å². The van der Waals surface area contributed by atoms with Crippen LogP contribution in [0.5, 0.6) is 0 Å². The van der Waals surface area contributed by atoms with Crippen molar-refractivity contribution >= 4 is 5.91 Å². The molecule has 1 unspecified atom stereocenters. The summed E-state index contributed by atoms with van der Waals surface area (Å²) in [7, 11) is 0. The van der Waals surface area contributed by atoms with E-state index in [1.54, 1.807) is 0 Å². The molecule has 2 aliphatic carbocycles. The molecule has 0 heterocycles. The van der Waals surface area contributed by atoms with Gasteiger partial charge in [-0.05, 0) is 43.4 Å². The molecule has 0 radical (unpaired) electrons. The monoisotopic (exact) mass is 168 g/mol. The highest BCUT2D eigenvalue weighted by atomic mass is 16.1. The fraction of sp³-hybridized carbons (Fsp3) is 0.889. The number of rotatable bonds is 4. The van der Waals surface area contributed by atoms with Crippen LogP contribution < -0.4 is 11.5 Å². The highest BCUT2D eigenvalue weighted by Crippen LogP contribution is 2.50. The number of nitrogens with two attached hydrogens (primary N) is 2. The third kappa shape index (κ3) is 1.46. The lowest BCUT2D eigenvalue weighted by molar-refractivity contribution is -0.120. The predicted octanol–water partition coefficient (Wildman–Crippen LogP) is 0.235. The van der Waals surface area contributed by atoms with Gasteiger partial charge in [-0.25, -0.2) is 0 Å².